The molecule has 6 rings (SSSR count). The summed E-state index contributed by atoms with van der Waals surface area (Å²) in [4.78, 5) is 15.3. The number of carbonyl (C=O) groups excluding carboxylic acids is 1. The predicted octanol–water partition coefficient (Wildman–Crippen LogP) is 5.72. The van der Waals surface area contributed by atoms with Crippen LogP contribution in [0.15, 0.2) is 97.2 Å². The van der Waals surface area contributed by atoms with Crippen LogP contribution in [0.3, 0.4) is 0 Å². The third kappa shape index (κ3) is 6.74. The minimum absolute atomic E-state index is 0.186. The van der Waals surface area contributed by atoms with E-state index in [1.54, 1.807) is 31.0 Å². The highest BCUT2D eigenvalue weighted by Gasteiger charge is 2.19. The topological polar surface area (TPSA) is 90.7 Å². The minimum atomic E-state index is -0.235. The fraction of sp³-hybridized carbons (Fsp3) is 0.229. The lowest BCUT2D eigenvalue weighted by molar-refractivity contribution is 0.102. The van der Waals surface area contributed by atoms with Gasteiger partial charge in [-0.3, -0.25) is 9.69 Å². The van der Waals surface area contributed by atoms with Gasteiger partial charge in [-0.1, -0.05) is 47.7 Å². The van der Waals surface area contributed by atoms with E-state index in [4.69, 9.17) is 14.2 Å². The summed E-state index contributed by atoms with van der Waals surface area (Å²) in [7, 11) is 3.36. The van der Waals surface area contributed by atoms with Crippen molar-refractivity contribution in [3.63, 3.8) is 0 Å². The van der Waals surface area contributed by atoms with E-state index in [2.05, 4.69) is 56.9 Å². The molecule has 1 amide bonds. The van der Waals surface area contributed by atoms with Gasteiger partial charge in [0.2, 0.25) is 0 Å². The summed E-state index contributed by atoms with van der Waals surface area (Å²) in [6.45, 7) is 3.08. The SMILES string of the molecule is COc1cc2c(cc1OC)CN(CCc1ccc(-n3cc(COc4ccccc4C(=O)Nc4ccccc4)nn3)cc1)CC2. The summed E-state index contributed by atoms with van der Waals surface area (Å²) < 4.78 is 18.7. The molecule has 0 fully saturated rings. The van der Waals surface area contributed by atoms with Gasteiger partial charge in [-0.2, -0.15) is 0 Å². The highest BCUT2D eigenvalue weighted by molar-refractivity contribution is 6.06. The van der Waals surface area contributed by atoms with Gasteiger partial charge in [0.05, 0.1) is 31.7 Å². The molecule has 5 aromatic rings. The Hall–Kier alpha value is -5.15. The van der Waals surface area contributed by atoms with Crippen LogP contribution in [-0.2, 0) is 26.0 Å². The number of aromatic nitrogens is 3. The normalized spacial score (nSPS) is 12.8. The zero-order chi connectivity index (χ0) is 30.3. The highest BCUT2D eigenvalue weighted by atomic mass is 16.5. The predicted molar refractivity (Wildman–Crippen MR) is 169 cm³/mol. The Morgan fingerprint density at radius 1 is 0.864 bits per heavy atom. The summed E-state index contributed by atoms with van der Waals surface area (Å²) in [5.74, 6) is 1.82. The van der Waals surface area contributed by atoms with Crippen molar-refractivity contribution >= 4 is 11.6 Å². The first-order valence-corrected chi connectivity index (χ1v) is 14.6. The van der Waals surface area contributed by atoms with Gasteiger partial charge < -0.3 is 19.5 Å². The fourth-order valence-corrected chi connectivity index (χ4v) is 5.38. The molecule has 0 saturated heterocycles. The van der Waals surface area contributed by atoms with Crippen molar-refractivity contribution in [3.05, 3.63) is 125 Å². The largest absolute Gasteiger partial charge is 0.493 e. The van der Waals surface area contributed by atoms with Crippen molar-refractivity contribution in [3.8, 4) is 22.9 Å². The number of amides is 1. The van der Waals surface area contributed by atoms with Gasteiger partial charge in [0.1, 0.15) is 18.1 Å². The third-order valence-corrected chi connectivity index (χ3v) is 7.79. The Morgan fingerprint density at radius 3 is 2.36 bits per heavy atom. The molecule has 0 radical (unpaired) electrons. The van der Waals surface area contributed by atoms with Crippen molar-refractivity contribution in [2.45, 2.75) is 26.0 Å². The van der Waals surface area contributed by atoms with Gasteiger partial charge in [0.25, 0.3) is 5.91 Å². The van der Waals surface area contributed by atoms with Crippen LogP contribution in [0.1, 0.15) is 32.7 Å². The smallest absolute Gasteiger partial charge is 0.259 e. The van der Waals surface area contributed by atoms with E-state index in [0.29, 0.717) is 17.0 Å². The van der Waals surface area contributed by atoms with Crippen molar-refractivity contribution in [1.29, 1.82) is 0 Å². The Kier molecular flexibility index (Phi) is 8.84. The number of hydrogen-bond donors (Lipinski definition) is 1. The Labute approximate surface area is 257 Å². The van der Waals surface area contributed by atoms with Crippen LogP contribution in [0.25, 0.3) is 5.69 Å². The molecule has 1 N–H and O–H groups in total. The lowest BCUT2D eigenvalue weighted by Gasteiger charge is -2.29. The lowest BCUT2D eigenvalue weighted by atomic mass is 9.98. The second-order valence-corrected chi connectivity index (χ2v) is 10.7. The molecule has 2 heterocycles. The number of methoxy groups -OCH3 is 2. The van der Waals surface area contributed by atoms with E-state index in [9.17, 15) is 4.79 Å². The van der Waals surface area contributed by atoms with Gasteiger partial charge in [-0.05, 0) is 78.1 Å². The van der Waals surface area contributed by atoms with E-state index < -0.39 is 0 Å². The van der Waals surface area contributed by atoms with Crippen LogP contribution in [0.4, 0.5) is 5.69 Å². The molecule has 224 valence electrons. The molecule has 1 aliphatic heterocycles. The van der Waals surface area contributed by atoms with E-state index in [-0.39, 0.29) is 12.5 Å². The van der Waals surface area contributed by atoms with E-state index in [1.807, 2.05) is 48.7 Å². The molecule has 0 saturated carbocycles. The van der Waals surface area contributed by atoms with Gasteiger partial charge in [-0.15, -0.1) is 5.10 Å². The average Bonchev–Trinajstić information content (AvgIpc) is 3.55. The fourth-order valence-electron chi connectivity index (χ4n) is 5.38. The molecule has 9 heteroatoms. The van der Waals surface area contributed by atoms with Gasteiger partial charge in [-0.25, -0.2) is 4.68 Å². The summed E-state index contributed by atoms with van der Waals surface area (Å²) in [5.41, 5.74) is 6.65. The highest BCUT2D eigenvalue weighted by Crippen LogP contribution is 2.33. The number of nitrogens with one attached hydrogen (secondary N) is 1. The van der Waals surface area contributed by atoms with Crippen LogP contribution in [0.2, 0.25) is 0 Å². The molecule has 4 aromatic carbocycles. The number of carbonyl (C=O) groups is 1. The molecule has 0 bridgehead atoms. The molecule has 1 aliphatic rings. The van der Waals surface area contributed by atoms with E-state index >= 15 is 0 Å². The lowest BCUT2D eigenvalue weighted by Crippen LogP contribution is -2.32. The number of hydrogen-bond acceptors (Lipinski definition) is 7. The summed E-state index contributed by atoms with van der Waals surface area (Å²) >= 11 is 0. The maximum absolute atomic E-state index is 12.9. The standard InChI is InChI=1S/C35H35N5O4/c1-42-33-20-26-17-19-39(22-27(26)21-34(33)43-2)18-16-25-12-14-30(15-13-25)40-23-29(37-38-40)24-44-32-11-7-6-10-31(32)35(41)36-28-8-4-3-5-9-28/h3-15,20-21,23H,16-19,22,24H2,1-2H3,(H,36,41). The number of rotatable bonds is 11. The third-order valence-electron chi connectivity index (χ3n) is 7.79. The summed E-state index contributed by atoms with van der Waals surface area (Å²) in [6.07, 6.45) is 3.80. The van der Waals surface area contributed by atoms with Gasteiger partial charge >= 0.3 is 0 Å². The molecule has 0 atom stereocenters. The second-order valence-electron chi connectivity index (χ2n) is 10.7. The summed E-state index contributed by atoms with van der Waals surface area (Å²) in [5, 5.41) is 11.5. The maximum atomic E-state index is 12.9. The number of benzene rings is 4. The van der Waals surface area contributed by atoms with Gasteiger partial charge in [0, 0.05) is 25.3 Å². The first-order chi connectivity index (χ1) is 21.6. The Balaban J connectivity index is 1.03. The molecule has 0 aliphatic carbocycles. The maximum Gasteiger partial charge on any atom is 0.259 e. The Bertz CT molecular complexity index is 1720. The van der Waals surface area contributed by atoms with Crippen LogP contribution in [0, 0.1) is 0 Å². The molecule has 1 aromatic heterocycles. The zero-order valence-corrected chi connectivity index (χ0v) is 24.9. The second kappa shape index (κ2) is 13.4. The number of para-hydroxylation sites is 2. The van der Waals surface area contributed by atoms with Crippen LogP contribution < -0.4 is 19.5 Å². The number of ether oxygens (including phenoxy) is 3. The van der Waals surface area contributed by atoms with Crippen LogP contribution in [0.5, 0.6) is 17.2 Å². The summed E-state index contributed by atoms with van der Waals surface area (Å²) in [6, 6.07) is 29.1. The van der Waals surface area contributed by atoms with Crippen LogP contribution >= 0.6 is 0 Å². The van der Waals surface area contributed by atoms with E-state index in [1.165, 1.54) is 16.7 Å². The van der Waals surface area contributed by atoms with Crippen molar-refractivity contribution in [2.75, 3.05) is 32.6 Å². The zero-order valence-electron chi connectivity index (χ0n) is 24.9. The minimum Gasteiger partial charge on any atom is -0.493 e. The Morgan fingerprint density at radius 2 is 1.59 bits per heavy atom. The van der Waals surface area contributed by atoms with Crippen molar-refractivity contribution < 1.29 is 19.0 Å². The average molecular weight is 590 g/mol. The number of anilines is 1. The monoisotopic (exact) mass is 589 g/mol. The van der Waals surface area contributed by atoms with Gasteiger partial charge in [0.15, 0.2) is 11.5 Å². The molecule has 0 unspecified atom stereocenters. The first kappa shape index (κ1) is 28.9. The number of nitrogens with zero attached hydrogens (tertiary/aromatic N) is 4. The molecule has 0 spiro atoms. The van der Waals surface area contributed by atoms with Crippen LogP contribution in [-0.4, -0.2) is 53.1 Å². The quantitative estimate of drug-likeness (QED) is 0.211. The van der Waals surface area contributed by atoms with Crippen molar-refractivity contribution in [2.24, 2.45) is 0 Å². The molecule has 44 heavy (non-hydrogen) atoms. The molecule has 9 nitrogen and oxygen atoms in total. The molecular formula is C35H35N5O4. The number of fused-ring (bicyclic) bond motifs is 1. The van der Waals surface area contributed by atoms with E-state index in [0.717, 1.165) is 55.3 Å². The molecular weight excluding hydrogens is 554 g/mol. The first-order valence-electron chi connectivity index (χ1n) is 14.6. The van der Waals surface area contributed by atoms with Crippen molar-refractivity contribution in [1.82, 2.24) is 19.9 Å².